The van der Waals surface area contributed by atoms with Crippen LogP contribution in [0, 0.1) is 11.8 Å². The average molecular weight is 308 g/mol. The van der Waals surface area contributed by atoms with Crippen molar-refractivity contribution in [2.45, 2.75) is 6.42 Å². The van der Waals surface area contributed by atoms with Crippen molar-refractivity contribution in [1.82, 2.24) is 4.98 Å². The number of nitrogens with zero attached hydrogens (tertiary/aromatic N) is 2. The first-order valence-electron chi connectivity index (χ1n) is 6.65. The molecule has 0 spiro atoms. The summed E-state index contributed by atoms with van der Waals surface area (Å²) in [6, 6.07) is 16.9. The Morgan fingerprint density at radius 1 is 1.14 bits per heavy atom. The van der Waals surface area contributed by atoms with Crippen LogP contribution in [-0.2, 0) is 4.79 Å². The molecule has 1 amide bonds. The number of carbonyl (C=O) groups excluding carboxylic acids is 1. The molecule has 1 N–H and O–H groups in total. The van der Waals surface area contributed by atoms with Gasteiger partial charge in [-0.15, -0.1) is 0 Å². The van der Waals surface area contributed by atoms with Crippen LogP contribution in [0.1, 0.15) is 12.0 Å². The normalized spacial score (nSPS) is 10.0. The predicted molar refractivity (Wildman–Crippen MR) is 86.8 cm³/mol. The van der Waals surface area contributed by atoms with Crippen LogP contribution in [0.25, 0.3) is 10.2 Å². The summed E-state index contributed by atoms with van der Waals surface area (Å²) in [4.78, 5) is 16.2. The van der Waals surface area contributed by atoms with Crippen LogP contribution in [0.2, 0.25) is 0 Å². The first kappa shape index (κ1) is 14.3. The molecule has 2 aromatic carbocycles. The number of amides is 1. The number of hydrogen-bond donors (Lipinski definition) is 1. The standard InChI is InChI=1S/C17H12N2O2S/c20-16(12-6-9-13-7-2-1-3-8-13)19(21)17-18-14-10-4-5-11-15(14)22-17/h1-5,7-8,10-11,21H,12H2. The fourth-order valence-electron chi connectivity index (χ4n) is 1.88. The lowest BCUT2D eigenvalue weighted by Gasteiger charge is -2.08. The number of aromatic nitrogens is 1. The summed E-state index contributed by atoms with van der Waals surface area (Å²) in [6.45, 7) is 0. The number of hydroxylamine groups is 1. The molecular formula is C17H12N2O2S. The second-order valence-corrected chi connectivity index (χ2v) is 5.52. The molecule has 1 heterocycles. The number of fused-ring (bicyclic) bond motifs is 1. The summed E-state index contributed by atoms with van der Waals surface area (Å²) in [5, 5.41) is 10.8. The zero-order valence-electron chi connectivity index (χ0n) is 11.6. The smallest absolute Gasteiger partial charge is 0.264 e. The topological polar surface area (TPSA) is 53.4 Å². The first-order valence-corrected chi connectivity index (χ1v) is 7.47. The largest absolute Gasteiger partial charge is 0.279 e. The lowest BCUT2D eigenvalue weighted by molar-refractivity contribution is -0.122. The van der Waals surface area contributed by atoms with E-state index in [9.17, 15) is 10.0 Å². The molecular weight excluding hydrogens is 296 g/mol. The SMILES string of the molecule is O=C(CC#Cc1ccccc1)N(O)c1nc2ccccc2s1. The summed E-state index contributed by atoms with van der Waals surface area (Å²) in [5.41, 5.74) is 1.59. The van der Waals surface area contributed by atoms with E-state index in [-0.39, 0.29) is 11.6 Å². The van der Waals surface area contributed by atoms with E-state index in [1.165, 1.54) is 11.3 Å². The van der Waals surface area contributed by atoms with Gasteiger partial charge in [-0.05, 0) is 24.3 Å². The van der Waals surface area contributed by atoms with E-state index in [0.29, 0.717) is 5.06 Å². The molecule has 0 unspecified atom stereocenters. The number of carbonyl (C=O) groups is 1. The third-order valence-electron chi connectivity index (χ3n) is 2.95. The summed E-state index contributed by atoms with van der Waals surface area (Å²) in [6.07, 6.45) is -0.0681. The van der Waals surface area contributed by atoms with Crippen LogP contribution < -0.4 is 5.06 Å². The van der Waals surface area contributed by atoms with Crippen LogP contribution >= 0.6 is 11.3 Å². The fourth-order valence-corrected chi connectivity index (χ4v) is 2.77. The van der Waals surface area contributed by atoms with Crippen molar-refractivity contribution in [2.24, 2.45) is 0 Å². The van der Waals surface area contributed by atoms with Gasteiger partial charge in [0.1, 0.15) is 0 Å². The van der Waals surface area contributed by atoms with Gasteiger partial charge in [-0.1, -0.05) is 53.5 Å². The Morgan fingerprint density at radius 2 is 1.86 bits per heavy atom. The highest BCUT2D eigenvalue weighted by Gasteiger charge is 2.16. The number of rotatable bonds is 2. The van der Waals surface area contributed by atoms with Gasteiger partial charge < -0.3 is 0 Å². The summed E-state index contributed by atoms with van der Waals surface area (Å²) < 4.78 is 0.916. The van der Waals surface area contributed by atoms with Gasteiger partial charge in [0.05, 0.1) is 16.6 Å². The van der Waals surface area contributed by atoms with E-state index in [1.807, 2.05) is 54.6 Å². The van der Waals surface area contributed by atoms with E-state index in [1.54, 1.807) is 0 Å². The Balaban J connectivity index is 1.71. The quantitative estimate of drug-likeness (QED) is 0.448. The van der Waals surface area contributed by atoms with Gasteiger partial charge in [0.25, 0.3) is 5.91 Å². The second kappa shape index (κ2) is 6.39. The van der Waals surface area contributed by atoms with Crippen molar-refractivity contribution >= 4 is 32.6 Å². The van der Waals surface area contributed by atoms with Crippen molar-refractivity contribution < 1.29 is 10.0 Å². The molecule has 0 fully saturated rings. The van der Waals surface area contributed by atoms with Crippen molar-refractivity contribution in [2.75, 3.05) is 5.06 Å². The molecule has 3 rings (SSSR count). The minimum atomic E-state index is -0.498. The van der Waals surface area contributed by atoms with Crippen LogP contribution in [-0.4, -0.2) is 16.1 Å². The third-order valence-corrected chi connectivity index (χ3v) is 3.96. The molecule has 0 saturated carbocycles. The molecule has 0 bridgehead atoms. The van der Waals surface area contributed by atoms with Gasteiger partial charge in [-0.3, -0.25) is 10.0 Å². The number of para-hydroxylation sites is 1. The average Bonchev–Trinajstić information content (AvgIpc) is 2.99. The molecule has 0 atom stereocenters. The zero-order valence-corrected chi connectivity index (χ0v) is 12.4. The van der Waals surface area contributed by atoms with E-state index in [4.69, 9.17) is 0 Å². The second-order valence-electron chi connectivity index (χ2n) is 4.51. The Kier molecular flexibility index (Phi) is 4.15. The Hall–Kier alpha value is -2.68. The summed E-state index contributed by atoms with van der Waals surface area (Å²) >= 11 is 1.26. The van der Waals surface area contributed by atoms with Crippen molar-refractivity contribution in [3.8, 4) is 11.8 Å². The van der Waals surface area contributed by atoms with Gasteiger partial charge in [0.15, 0.2) is 0 Å². The first-order chi connectivity index (χ1) is 10.7. The third kappa shape index (κ3) is 3.14. The fraction of sp³-hybridized carbons (Fsp3) is 0.0588. The van der Waals surface area contributed by atoms with Crippen LogP contribution in [0.3, 0.4) is 0 Å². The Bertz CT molecular complexity index is 829. The van der Waals surface area contributed by atoms with Crippen molar-refractivity contribution in [3.05, 3.63) is 60.2 Å². The summed E-state index contributed by atoms with van der Waals surface area (Å²) in [7, 11) is 0. The molecule has 0 aliphatic heterocycles. The number of thiazole rings is 1. The minimum Gasteiger partial charge on any atom is -0.279 e. The predicted octanol–water partition coefficient (Wildman–Crippen LogP) is 3.46. The maximum Gasteiger partial charge on any atom is 0.264 e. The van der Waals surface area contributed by atoms with E-state index >= 15 is 0 Å². The lowest BCUT2D eigenvalue weighted by Crippen LogP contribution is -2.26. The molecule has 1 aromatic heterocycles. The molecule has 0 saturated heterocycles. The molecule has 5 heteroatoms. The van der Waals surface area contributed by atoms with Gasteiger partial charge in [0, 0.05) is 5.56 Å². The number of benzene rings is 2. The summed E-state index contributed by atoms with van der Waals surface area (Å²) in [5.74, 6) is 5.15. The van der Waals surface area contributed by atoms with Gasteiger partial charge in [-0.2, -0.15) is 5.06 Å². The number of anilines is 1. The Labute approximate surface area is 131 Å². The molecule has 0 radical (unpaired) electrons. The molecule has 0 aliphatic carbocycles. The molecule has 22 heavy (non-hydrogen) atoms. The minimum absolute atomic E-state index is 0.0681. The highest BCUT2D eigenvalue weighted by molar-refractivity contribution is 7.22. The molecule has 3 aromatic rings. The van der Waals surface area contributed by atoms with E-state index in [2.05, 4.69) is 16.8 Å². The van der Waals surface area contributed by atoms with Gasteiger partial charge in [-0.25, -0.2) is 4.98 Å². The van der Waals surface area contributed by atoms with Crippen molar-refractivity contribution in [1.29, 1.82) is 0 Å². The maximum absolute atomic E-state index is 12.0. The van der Waals surface area contributed by atoms with Crippen LogP contribution in [0.5, 0.6) is 0 Å². The van der Waals surface area contributed by atoms with Gasteiger partial charge in [0.2, 0.25) is 5.13 Å². The number of hydrogen-bond acceptors (Lipinski definition) is 4. The monoisotopic (exact) mass is 308 g/mol. The zero-order chi connectivity index (χ0) is 15.4. The molecule has 108 valence electrons. The van der Waals surface area contributed by atoms with Crippen LogP contribution in [0.4, 0.5) is 5.13 Å². The van der Waals surface area contributed by atoms with E-state index in [0.717, 1.165) is 15.8 Å². The van der Waals surface area contributed by atoms with E-state index < -0.39 is 5.91 Å². The lowest BCUT2D eigenvalue weighted by atomic mass is 10.2. The van der Waals surface area contributed by atoms with Gasteiger partial charge >= 0.3 is 0 Å². The highest BCUT2D eigenvalue weighted by atomic mass is 32.1. The van der Waals surface area contributed by atoms with Crippen molar-refractivity contribution in [3.63, 3.8) is 0 Å². The maximum atomic E-state index is 12.0. The molecule has 4 nitrogen and oxygen atoms in total. The van der Waals surface area contributed by atoms with Crippen LogP contribution in [0.15, 0.2) is 54.6 Å². The highest BCUT2D eigenvalue weighted by Crippen LogP contribution is 2.27. The molecule has 0 aliphatic rings. The Morgan fingerprint density at radius 3 is 2.64 bits per heavy atom.